The number of nitrogens with two attached hydrogens (primary N) is 1. The van der Waals surface area contributed by atoms with Crippen LogP contribution in [-0.4, -0.2) is 46.1 Å². The molecule has 1 aromatic rings. The molecule has 1 aliphatic rings. The molecule has 114 valence electrons. The van der Waals surface area contributed by atoms with E-state index in [-0.39, 0.29) is 17.8 Å². The van der Waals surface area contributed by atoms with E-state index in [0.29, 0.717) is 26.1 Å². The van der Waals surface area contributed by atoms with E-state index < -0.39 is 0 Å². The lowest BCUT2D eigenvalue weighted by Gasteiger charge is -2.25. The van der Waals surface area contributed by atoms with Gasteiger partial charge in [0.25, 0.3) is 5.91 Å². The summed E-state index contributed by atoms with van der Waals surface area (Å²) in [5.41, 5.74) is 6.42. The third-order valence-corrected chi connectivity index (χ3v) is 3.38. The van der Waals surface area contributed by atoms with Gasteiger partial charge in [0, 0.05) is 38.5 Å². The van der Waals surface area contributed by atoms with Crippen molar-refractivity contribution in [1.29, 1.82) is 0 Å². The van der Waals surface area contributed by atoms with Gasteiger partial charge in [0.05, 0.1) is 0 Å². The number of nitrogens with zero attached hydrogens (tertiary/aromatic N) is 3. The predicted molar refractivity (Wildman–Crippen MR) is 76.7 cm³/mol. The van der Waals surface area contributed by atoms with Crippen LogP contribution >= 0.6 is 0 Å². The van der Waals surface area contributed by atoms with E-state index in [1.165, 1.54) is 0 Å². The highest BCUT2D eigenvalue weighted by Crippen LogP contribution is 2.16. The summed E-state index contributed by atoms with van der Waals surface area (Å²) in [7, 11) is 0. The molecule has 0 aromatic carbocycles. The number of carbonyl (C=O) groups excluding carboxylic acids is 1. The normalized spacial score (nSPS) is 18.7. The number of rotatable bonds is 6. The molecule has 1 aromatic heterocycles. The number of amidine groups is 1. The molecule has 7 nitrogen and oxygen atoms in total. The molecule has 21 heavy (non-hydrogen) atoms. The fraction of sp³-hybridized carbons (Fsp3) is 0.500. The molecule has 2 rings (SSSR count). The van der Waals surface area contributed by atoms with Crippen LogP contribution in [0.2, 0.25) is 0 Å². The fourth-order valence-electron chi connectivity index (χ4n) is 2.25. The van der Waals surface area contributed by atoms with Crippen molar-refractivity contribution < 1.29 is 14.7 Å². The van der Waals surface area contributed by atoms with Crippen LogP contribution in [0, 0.1) is 0 Å². The van der Waals surface area contributed by atoms with Crippen molar-refractivity contribution in [3.05, 3.63) is 30.1 Å². The summed E-state index contributed by atoms with van der Waals surface area (Å²) in [6.07, 6.45) is 4.98. The molecule has 1 unspecified atom stereocenters. The van der Waals surface area contributed by atoms with Crippen molar-refractivity contribution in [2.45, 2.75) is 31.9 Å². The monoisotopic (exact) mass is 292 g/mol. The third kappa shape index (κ3) is 4.42. The Bertz CT molecular complexity index is 486. The van der Waals surface area contributed by atoms with Crippen LogP contribution in [0.1, 0.15) is 24.8 Å². The lowest BCUT2D eigenvalue weighted by atomic mass is 10.2. The number of hydrogen-bond acceptors (Lipinski definition) is 5. The van der Waals surface area contributed by atoms with Gasteiger partial charge in [-0.15, -0.1) is 0 Å². The summed E-state index contributed by atoms with van der Waals surface area (Å²) < 4.78 is 5.45. The summed E-state index contributed by atoms with van der Waals surface area (Å²) in [6, 6.07) is 3.74. The zero-order chi connectivity index (χ0) is 15.1. The van der Waals surface area contributed by atoms with Crippen LogP contribution in [0.25, 0.3) is 0 Å². The molecule has 3 N–H and O–H groups in total. The van der Waals surface area contributed by atoms with E-state index >= 15 is 0 Å². The highest BCUT2D eigenvalue weighted by molar-refractivity contribution is 5.83. The van der Waals surface area contributed by atoms with Crippen molar-refractivity contribution in [3.8, 4) is 0 Å². The van der Waals surface area contributed by atoms with E-state index in [1.807, 2.05) is 12.1 Å². The summed E-state index contributed by atoms with van der Waals surface area (Å²) in [4.78, 5) is 18.2. The molecule has 0 bridgehead atoms. The molecule has 2 heterocycles. The van der Waals surface area contributed by atoms with Gasteiger partial charge < -0.3 is 20.6 Å². The first-order valence-electron chi connectivity index (χ1n) is 6.96. The van der Waals surface area contributed by atoms with E-state index in [0.717, 1.165) is 18.4 Å². The minimum absolute atomic E-state index is 0.0536. The van der Waals surface area contributed by atoms with Gasteiger partial charge in [-0.05, 0) is 24.5 Å². The zero-order valence-corrected chi connectivity index (χ0v) is 11.8. The Balaban J connectivity index is 2.03. The molecular weight excluding hydrogens is 272 g/mol. The number of ether oxygens (including phenoxy) is 1. The van der Waals surface area contributed by atoms with Crippen LogP contribution in [0.15, 0.2) is 29.7 Å². The van der Waals surface area contributed by atoms with E-state index in [9.17, 15) is 4.79 Å². The van der Waals surface area contributed by atoms with Crippen molar-refractivity contribution in [3.63, 3.8) is 0 Å². The van der Waals surface area contributed by atoms with Gasteiger partial charge in [-0.2, -0.15) is 0 Å². The highest BCUT2D eigenvalue weighted by atomic mass is 16.5. The van der Waals surface area contributed by atoms with Gasteiger partial charge in [0.2, 0.25) is 0 Å². The van der Waals surface area contributed by atoms with Crippen LogP contribution in [0.5, 0.6) is 0 Å². The molecular formula is C14H20N4O3. The third-order valence-electron chi connectivity index (χ3n) is 3.38. The molecule has 1 fully saturated rings. The summed E-state index contributed by atoms with van der Waals surface area (Å²) in [5.74, 6) is 0.0495. The minimum Gasteiger partial charge on any atom is -0.409 e. The second-order valence-electron chi connectivity index (χ2n) is 4.96. The largest absolute Gasteiger partial charge is 0.409 e. The summed E-state index contributed by atoms with van der Waals surface area (Å²) >= 11 is 0. The predicted octanol–water partition coefficient (Wildman–Crippen LogP) is 0.726. The Labute approximate surface area is 123 Å². The van der Waals surface area contributed by atoms with Crippen molar-refractivity contribution >= 4 is 11.7 Å². The first kappa shape index (κ1) is 15.2. The number of aromatic nitrogens is 1. The standard InChI is InChI=1S/C14H20N4O3/c15-13(17-20)5-7-18(10-11-3-1-6-16-9-11)14(19)12-4-2-8-21-12/h1,3,6,9,12,20H,2,4-5,7-8,10H2,(H2,15,17). The summed E-state index contributed by atoms with van der Waals surface area (Å²) in [5, 5.41) is 11.5. The van der Waals surface area contributed by atoms with Crippen LogP contribution in [0.3, 0.4) is 0 Å². The van der Waals surface area contributed by atoms with E-state index in [1.54, 1.807) is 17.3 Å². The maximum atomic E-state index is 12.5. The average molecular weight is 292 g/mol. The van der Waals surface area contributed by atoms with Crippen LogP contribution in [-0.2, 0) is 16.1 Å². The van der Waals surface area contributed by atoms with Gasteiger partial charge in [0.15, 0.2) is 0 Å². The van der Waals surface area contributed by atoms with Gasteiger partial charge in [0.1, 0.15) is 11.9 Å². The topological polar surface area (TPSA) is 101 Å². The first-order valence-corrected chi connectivity index (χ1v) is 6.96. The van der Waals surface area contributed by atoms with Crippen molar-refractivity contribution in [2.75, 3.05) is 13.2 Å². The molecule has 1 atom stereocenters. The summed E-state index contributed by atoms with van der Waals surface area (Å²) in [6.45, 7) is 1.44. The second-order valence-corrected chi connectivity index (χ2v) is 4.96. The molecule has 1 saturated heterocycles. The molecule has 1 aliphatic heterocycles. The second kappa shape index (κ2) is 7.58. The molecule has 0 saturated carbocycles. The Morgan fingerprint density at radius 3 is 3.10 bits per heavy atom. The lowest BCUT2D eigenvalue weighted by Crippen LogP contribution is -2.40. The fourth-order valence-corrected chi connectivity index (χ4v) is 2.25. The Hall–Kier alpha value is -2.15. The number of hydrogen-bond donors (Lipinski definition) is 2. The Morgan fingerprint density at radius 1 is 1.62 bits per heavy atom. The average Bonchev–Trinajstić information content (AvgIpc) is 3.05. The van der Waals surface area contributed by atoms with Gasteiger partial charge >= 0.3 is 0 Å². The minimum atomic E-state index is -0.381. The van der Waals surface area contributed by atoms with E-state index in [4.69, 9.17) is 15.7 Å². The van der Waals surface area contributed by atoms with Crippen LogP contribution in [0.4, 0.5) is 0 Å². The highest BCUT2D eigenvalue weighted by Gasteiger charge is 2.28. The number of amides is 1. The van der Waals surface area contributed by atoms with Crippen LogP contribution < -0.4 is 5.73 Å². The molecule has 0 aliphatic carbocycles. The van der Waals surface area contributed by atoms with Gasteiger partial charge in [-0.3, -0.25) is 9.78 Å². The van der Waals surface area contributed by atoms with Crippen molar-refractivity contribution in [1.82, 2.24) is 9.88 Å². The quantitative estimate of drug-likeness (QED) is 0.348. The smallest absolute Gasteiger partial charge is 0.252 e. The molecule has 0 radical (unpaired) electrons. The maximum Gasteiger partial charge on any atom is 0.252 e. The number of pyridine rings is 1. The first-order chi connectivity index (χ1) is 10.2. The zero-order valence-electron chi connectivity index (χ0n) is 11.8. The Morgan fingerprint density at radius 2 is 2.48 bits per heavy atom. The molecule has 7 heteroatoms. The SMILES string of the molecule is N/C(CCN(Cc1cccnc1)C(=O)C1CCCO1)=N/O. The van der Waals surface area contributed by atoms with E-state index in [2.05, 4.69) is 10.1 Å². The molecule has 1 amide bonds. The number of carbonyl (C=O) groups is 1. The van der Waals surface area contributed by atoms with Gasteiger partial charge in [-0.25, -0.2) is 0 Å². The van der Waals surface area contributed by atoms with Gasteiger partial charge in [-0.1, -0.05) is 11.2 Å². The molecule has 0 spiro atoms. The number of oxime groups is 1. The Kier molecular flexibility index (Phi) is 5.51. The van der Waals surface area contributed by atoms with Crippen molar-refractivity contribution in [2.24, 2.45) is 10.9 Å². The maximum absolute atomic E-state index is 12.5. The lowest BCUT2D eigenvalue weighted by molar-refractivity contribution is -0.141.